The third-order valence-corrected chi connectivity index (χ3v) is 4.02. The Labute approximate surface area is 108 Å². The molecule has 2 nitrogen and oxygen atoms in total. The van der Waals surface area contributed by atoms with Gasteiger partial charge in [-0.05, 0) is 12.1 Å². The zero-order valence-electron chi connectivity index (χ0n) is 10.2. The smallest absolute Gasteiger partial charge is 0.135 e. The number of nitrogens with zero attached hydrogens (tertiary/aromatic N) is 1. The van der Waals surface area contributed by atoms with E-state index in [0.29, 0.717) is 12.2 Å². The molecule has 0 aliphatic carbocycles. The maximum absolute atomic E-state index is 13.6. The lowest BCUT2D eigenvalue weighted by atomic mass is 9.95. The summed E-state index contributed by atoms with van der Waals surface area (Å²) in [6.45, 7) is 4.33. The molecule has 0 aliphatic heterocycles. The molecule has 2 aromatic rings. The van der Waals surface area contributed by atoms with Gasteiger partial charge in [0.25, 0.3) is 0 Å². The highest BCUT2D eigenvalue weighted by atomic mass is 32.1. The van der Waals surface area contributed by atoms with E-state index in [4.69, 9.17) is 5.73 Å². The summed E-state index contributed by atoms with van der Waals surface area (Å²) in [6.07, 6.45) is 0. The molecule has 1 heterocycles. The van der Waals surface area contributed by atoms with Gasteiger partial charge in [0.15, 0.2) is 0 Å². The van der Waals surface area contributed by atoms with E-state index in [9.17, 15) is 8.78 Å². The summed E-state index contributed by atoms with van der Waals surface area (Å²) in [5.41, 5.74) is 5.63. The van der Waals surface area contributed by atoms with Gasteiger partial charge < -0.3 is 5.73 Å². The Balaban J connectivity index is 2.48. The first-order chi connectivity index (χ1) is 8.45. The summed E-state index contributed by atoms with van der Waals surface area (Å²) in [5.74, 6) is -1.20. The van der Waals surface area contributed by atoms with Crippen molar-refractivity contribution >= 4 is 11.3 Å². The van der Waals surface area contributed by atoms with Crippen molar-refractivity contribution in [1.29, 1.82) is 0 Å². The van der Waals surface area contributed by atoms with Crippen LogP contribution in [0.15, 0.2) is 23.6 Å². The Morgan fingerprint density at radius 3 is 2.44 bits per heavy atom. The average Bonchev–Trinajstić information content (AvgIpc) is 2.79. The zero-order chi connectivity index (χ0) is 13.3. The summed E-state index contributed by atoms with van der Waals surface area (Å²) >= 11 is 1.37. The molecule has 0 radical (unpaired) electrons. The molecule has 5 heteroatoms. The molecule has 0 amide bonds. The molecule has 96 valence electrons. The average molecular weight is 268 g/mol. The highest BCUT2D eigenvalue weighted by Gasteiger charge is 2.24. The topological polar surface area (TPSA) is 38.9 Å². The van der Waals surface area contributed by atoms with Gasteiger partial charge in [0.05, 0.1) is 11.3 Å². The van der Waals surface area contributed by atoms with Crippen LogP contribution in [-0.4, -0.2) is 11.5 Å². The fourth-order valence-electron chi connectivity index (χ4n) is 1.53. The van der Waals surface area contributed by atoms with Crippen LogP contribution >= 0.6 is 11.3 Å². The maximum atomic E-state index is 13.6. The third-order valence-electron chi connectivity index (χ3n) is 2.81. The largest absolute Gasteiger partial charge is 0.330 e. The summed E-state index contributed by atoms with van der Waals surface area (Å²) in [5, 5.41) is 2.44. The van der Waals surface area contributed by atoms with Gasteiger partial charge in [0.2, 0.25) is 0 Å². The van der Waals surface area contributed by atoms with E-state index in [1.54, 1.807) is 5.38 Å². The number of thiazole rings is 1. The number of rotatable bonds is 3. The lowest BCUT2D eigenvalue weighted by Crippen LogP contribution is -2.27. The second-order valence-corrected chi connectivity index (χ2v) is 5.58. The molecule has 0 bridgehead atoms. The molecule has 0 saturated heterocycles. The molecule has 1 aromatic carbocycles. The van der Waals surface area contributed by atoms with Crippen molar-refractivity contribution in [2.75, 3.05) is 6.54 Å². The van der Waals surface area contributed by atoms with E-state index in [1.165, 1.54) is 29.5 Å². The van der Waals surface area contributed by atoms with E-state index in [0.717, 1.165) is 5.01 Å². The Hall–Kier alpha value is -1.33. The highest BCUT2D eigenvalue weighted by molar-refractivity contribution is 7.10. The number of halogens is 2. The Bertz CT molecular complexity index is 544. The van der Waals surface area contributed by atoms with Crippen molar-refractivity contribution in [3.63, 3.8) is 0 Å². The summed E-state index contributed by atoms with van der Waals surface area (Å²) in [6, 6.07) is 3.79. The quantitative estimate of drug-likeness (QED) is 0.927. The SMILES string of the molecule is CC(C)(CN)c1nc(-c2c(F)cccc2F)cs1. The molecule has 0 fully saturated rings. The summed E-state index contributed by atoms with van der Waals surface area (Å²) in [7, 11) is 0. The monoisotopic (exact) mass is 268 g/mol. The molecule has 0 atom stereocenters. The van der Waals surface area contributed by atoms with Crippen LogP contribution in [0.25, 0.3) is 11.3 Å². The van der Waals surface area contributed by atoms with Crippen LogP contribution < -0.4 is 5.73 Å². The minimum absolute atomic E-state index is 0.0761. The maximum Gasteiger partial charge on any atom is 0.135 e. The van der Waals surface area contributed by atoms with E-state index >= 15 is 0 Å². The van der Waals surface area contributed by atoms with Crippen molar-refractivity contribution < 1.29 is 8.78 Å². The van der Waals surface area contributed by atoms with E-state index in [1.807, 2.05) is 13.8 Å². The van der Waals surface area contributed by atoms with Crippen LogP contribution in [0.5, 0.6) is 0 Å². The van der Waals surface area contributed by atoms with Gasteiger partial charge in [-0.2, -0.15) is 0 Å². The first-order valence-electron chi connectivity index (χ1n) is 5.56. The van der Waals surface area contributed by atoms with Crippen molar-refractivity contribution in [2.45, 2.75) is 19.3 Å². The van der Waals surface area contributed by atoms with Gasteiger partial charge >= 0.3 is 0 Å². The highest BCUT2D eigenvalue weighted by Crippen LogP contribution is 2.31. The van der Waals surface area contributed by atoms with E-state index in [2.05, 4.69) is 4.98 Å². The van der Waals surface area contributed by atoms with Crippen LogP contribution in [0.1, 0.15) is 18.9 Å². The van der Waals surface area contributed by atoms with Gasteiger partial charge in [0, 0.05) is 17.3 Å². The van der Waals surface area contributed by atoms with Crippen molar-refractivity contribution in [3.05, 3.63) is 40.2 Å². The van der Waals surface area contributed by atoms with Crippen molar-refractivity contribution in [1.82, 2.24) is 4.98 Å². The number of hydrogen-bond donors (Lipinski definition) is 1. The van der Waals surface area contributed by atoms with Crippen LogP contribution in [0.4, 0.5) is 8.78 Å². The second-order valence-electron chi connectivity index (χ2n) is 4.72. The predicted molar refractivity (Wildman–Crippen MR) is 69.5 cm³/mol. The standard InChI is InChI=1S/C13H14F2N2S/c1-13(2,7-16)12-17-10(6-18-12)11-8(14)4-3-5-9(11)15/h3-6H,7,16H2,1-2H3. The number of hydrogen-bond acceptors (Lipinski definition) is 3. The van der Waals surface area contributed by atoms with Crippen LogP contribution in [0, 0.1) is 11.6 Å². The Morgan fingerprint density at radius 1 is 1.28 bits per heavy atom. The molecule has 2 rings (SSSR count). The predicted octanol–water partition coefficient (Wildman–Crippen LogP) is 3.32. The third kappa shape index (κ3) is 2.28. The Kier molecular flexibility index (Phi) is 3.45. The van der Waals surface area contributed by atoms with Crippen LogP contribution in [0.2, 0.25) is 0 Å². The normalized spacial score (nSPS) is 11.8. The number of benzene rings is 1. The zero-order valence-corrected chi connectivity index (χ0v) is 11.0. The van der Waals surface area contributed by atoms with Gasteiger partial charge in [0.1, 0.15) is 16.6 Å². The molecule has 0 unspecified atom stereocenters. The summed E-state index contributed by atoms with van der Waals surface area (Å²) < 4.78 is 27.2. The fourth-order valence-corrected chi connectivity index (χ4v) is 2.48. The minimum atomic E-state index is -0.600. The molecule has 1 aromatic heterocycles. The molecular formula is C13H14F2N2S. The number of aromatic nitrogens is 1. The molecule has 2 N–H and O–H groups in total. The molecular weight excluding hydrogens is 254 g/mol. The minimum Gasteiger partial charge on any atom is -0.330 e. The molecule has 0 spiro atoms. The van der Waals surface area contributed by atoms with Crippen LogP contribution in [-0.2, 0) is 5.41 Å². The molecule has 18 heavy (non-hydrogen) atoms. The number of nitrogens with two attached hydrogens (primary N) is 1. The van der Waals surface area contributed by atoms with Gasteiger partial charge in [-0.1, -0.05) is 19.9 Å². The summed E-state index contributed by atoms with van der Waals surface area (Å²) in [4.78, 5) is 4.30. The fraction of sp³-hybridized carbons (Fsp3) is 0.308. The lowest BCUT2D eigenvalue weighted by Gasteiger charge is -2.18. The van der Waals surface area contributed by atoms with Gasteiger partial charge in [-0.15, -0.1) is 11.3 Å². The van der Waals surface area contributed by atoms with E-state index < -0.39 is 11.6 Å². The first-order valence-corrected chi connectivity index (χ1v) is 6.44. The van der Waals surface area contributed by atoms with Crippen molar-refractivity contribution in [3.8, 4) is 11.3 Å². The van der Waals surface area contributed by atoms with E-state index in [-0.39, 0.29) is 11.0 Å². The van der Waals surface area contributed by atoms with Crippen molar-refractivity contribution in [2.24, 2.45) is 5.73 Å². The molecule has 0 saturated carbocycles. The second kappa shape index (κ2) is 4.74. The first kappa shape index (κ1) is 13.1. The van der Waals surface area contributed by atoms with Crippen LogP contribution in [0.3, 0.4) is 0 Å². The lowest BCUT2D eigenvalue weighted by molar-refractivity contribution is 0.535. The van der Waals surface area contributed by atoms with Gasteiger partial charge in [-0.25, -0.2) is 13.8 Å². The molecule has 0 aliphatic rings. The van der Waals surface area contributed by atoms with Gasteiger partial charge in [-0.3, -0.25) is 0 Å². The Morgan fingerprint density at radius 2 is 1.89 bits per heavy atom.